The van der Waals surface area contributed by atoms with Crippen molar-refractivity contribution in [2.75, 3.05) is 0 Å². The number of carbonyl (C=O) groups is 1. The van der Waals surface area contributed by atoms with E-state index in [0.29, 0.717) is 15.6 Å². The molecule has 142 valence electrons. The molecule has 10 heteroatoms. The van der Waals surface area contributed by atoms with Gasteiger partial charge in [0.15, 0.2) is 5.65 Å². The molecule has 0 saturated carbocycles. The second-order valence-electron chi connectivity index (χ2n) is 6.07. The van der Waals surface area contributed by atoms with Crippen LogP contribution in [0.4, 0.5) is 0 Å². The first-order chi connectivity index (χ1) is 13.5. The van der Waals surface area contributed by atoms with E-state index in [9.17, 15) is 9.59 Å². The maximum absolute atomic E-state index is 12.5. The van der Waals surface area contributed by atoms with Crippen molar-refractivity contribution >= 4 is 32.9 Å². The number of aromatic nitrogens is 6. The van der Waals surface area contributed by atoms with E-state index in [2.05, 4.69) is 31.1 Å². The van der Waals surface area contributed by atoms with E-state index in [-0.39, 0.29) is 18.7 Å². The Labute approximate surface area is 167 Å². The van der Waals surface area contributed by atoms with Crippen molar-refractivity contribution in [1.29, 1.82) is 0 Å². The van der Waals surface area contributed by atoms with Crippen LogP contribution in [0.2, 0.25) is 0 Å². The second kappa shape index (κ2) is 7.39. The van der Waals surface area contributed by atoms with Gasteiger partial charge in [0, 0.05) is 19.4 Å². The van der Waals surface area contributed by atoms with Gasteiger partial charge >= 0.3 is 5.97 Å². The maximum atomic E-state index is 12.5. The van der Waals surface area contributed by atoms with Gasteiger partial charge in [0.2, 0.25) is 0 Å². The first-order valence-electron chi connectivity index (χ1n) is 8.35. The molecule has 0 fully saturated rings. The van der Waals surface area contributed by atoms with Crippen molar-refractivity contribution < 1.29 is 9.53 Å². The average molecular weight is 443 g/mol. The number of aryl methyl sites for hydroxylation is 1. The molecular formula is C18H15BrN6O3. The van der Waals surface area contributed by atoms with Gasteiger partial charge in [-0.2, -0.15) is 10.2 Å². The molecule has 0 saturated heterocycles. The lowest BCUT2D eigenvalue weighted by molar-refractivity contribution is -0.145. The van der Waals surface area contributed by atoms with Gasteiger partial charge in [-0.1, -0.05) is 12.1 Å². The first kappa shape index (κ1) is 18.1. The molecular weight excluding hydrogens is 428 g/mol. The van der Waals surface area contributed by atoms with Crippen LogP contribution in [0.3, 0.4) is 0 Å². The summed E-state index contributed by atoms with van der Waals surface area (Å²) in [6, 6.07) is 9.33. The van der Waals surface area contributed by atoms with Crippen LogP contribution in [-0.2, 0) is 29.7 Å². The quantitative estimate of drug-likeness (QED) is 0.437. The highest BCUT2D eigenvalue weighted by molar-refractivity contribution is 9.10. The van der Waals surface area contributed by atoms with Crippen LogP contribution in [0.5, 0.6) is 0 Å². The number of hydrogen-bond donors (Lipinski definition) is 0. The predicted octanol–water partition coefficient (Wildman–Crippen LogP) is 1.82. The Morgan fingerprint density at radius 1 is 1.25 bits per heavy atom. The molecule has 3 aromatic heterocycles. The van der Waals surface area contributed by atoms with Crippen LogP contribution in [0.1, 0.15) is 5.56 Å². The minimum absolute atomic E-state index is 0.110. The van der Waals surface area contributed by atoms with Crippen LogP contribution < -0.4 is 5.56 Å². The number of fused-ring (bicyclic) bond motifs is 1. The maximum Gasteiger partial charge on any atom is 0.326 e. The zero-order valence-corrected chi connectivity index (χ0v) is 16.4. The average Bonchev–Trinajstić information content (AvgIpc) is 3.31. The Morgan fingerprint density at radius 3 is 2.75 bits per heavy atom. The van der Waals surface area contributed by atoms with Crippen LogP contribution in [0.15, 0.2) is 58.5 Å². The monoisotopic (exact) mass is 442 g/mol. The first-order valence-corrected chi connectivity index (χ1v) is 9.14. The van der Waals surface area contributed by atoms with E-state index in [4.69, 9.17) is 4.74 Å². The molecule has 0 atom stereocenters. The van der Waals surface area contributed by atoms with Crippen LogP contribution in [0, 0.1) is 0 Å². The molecule has 0 N–H and O–H groups in total. The number of rotatable bonds is 5. The fourth-order valence-corrected chi connectivity index (χ4v) is 3.35. The van der Waals surface area contributed by atoms with Crippen molar-refractivity contribution in [3.8, 4) is 5.69 Å². The highest BCUT2D eigenvalue weighted by Gasteiger charge is 2.15. The van der Waals surface area contributed by atoms with Gasteiger partial charge in [0.25, 0.3) is 5.56 Å². The molecule has 4 aromatic rings. The number of ether oxygens (including phenoxy) is 1. The van der Waals surface area contributed by atoms with Crippen molar-refractivity contribution in [3.05, 3.63) is 69.6 Å². The summed E-state index contributed by atoms with van der Waals surface area (Å²) in [5.74, 6) is -0.528. The SMILES string of the molecule is Cn1nc(Br)c2c(=O)n(CC(=O)OCc3ccc(-n4cccn4)cc3)cnc21. The fourth-order valence-electron chi connectivity index (χ4n) is 2.76. The third kappa shape index (κ3) is 3.46. The van der Waals surface area contributed by atoms with E-state index in [1.807, 2.05) is 36.5 Å². The van der Waals surface area contributed by atoms with Crippen molar-refractivity contribution in [1.82, 2.24) is 29.1 Å². The molecule has 0 aliphatic carbocycles. The number of esters is 1. The third-order valence-electron chi connectivity index (χ3n) is 4.17. The molecule has 9 nitrogen and oxygen atoms in total. The van der Waals surface area contributed by atoms with Crippen LogP contribution in [0.25, 0.3) is 16.7 Å². The Kier molecular flexibility index (Phi) is 4.78. The topological polar surface area (TPSA) is 96.8 Å². The zero-order chi connectivity index (χ0) is 19.7. The molecule has 0 bridgehead atoms. The largest absolute Gasteiger partial charge is 0.459 e. The van der Waals surface area contributed by atoms with Crippen molar-refractivity contribution in [2.24, 2.45) is 7.05 Å². The Hall–Kier alpha value is -3.27. The van der Waals surface area contributed by atoms with Crippen LogP contribution >= 0.6 is 15.9 Å². The summed E-state index contributed by atoms with van der Waals surface area (Å²) in [5, 5.41) is 8.59. The molecule has 1 aromatic carbocycles. The molecule has 0 unspecified atom stereocenters. The summed E-state index contributed by atoms with van der Waals surface area (Å²) in [6.45, 7) is -0.117. The molecule has 0 amide bonds. The fraction of sp³-hybridized carbons (Fsp3) is 0.167. The molecule has 3 heterocycles. The smallest absolute Gasteiger partial charge is 0.326 e. The highest BCUT2D eigenvalue weighted by atomic mass is 79.9. The van der Waals surface area contributed by atoms with Gasteiger partial charge in [-0.15, -0.1) is 0 Å². The molecule has 0 aliphatic rings. The van der Waals surface area contributed by atoms with Crippen molar-refractivity contribution in [3.63, 3.8) is 0 Å². The number of halogens is 1. The highest BCUT2D eigenvalue weighted by Crippen LogP contribution is 2.16. The molecule has 0 aliphatic heterocycles. The van der Waals surface area contributed by atoms with Gasteiger partial charge in [-0.3, -0.25) is 14.2 Å². The van der Waals surface area contributed by atoms with E-state index < -0.39 is 5.97 Å². The standard InChI is InChI=1S/C18H15BrN6O3/c1-23-17-15(16(19)22-23)18(27)24(11-20-17)9-14(26)28-10-12-3-5-13(6-4-12)25-8-2-7-21-25/h2-8,11H,9-10H2,1H3. The summed E-state index contributed by atoms with van der Waals surface area (Å²) in [4.78, 5) is 28.9. The predicted molar refractivity (Wildman–Crippen MR) is 104 cm³/mol. The summed E-state index contributed by atoms with van der Waals surface area (Å²) >= 11 is 3.24. The molecule has 28 heavy (non-hydrogen) atoms. The summed E-state index contributed by atoms with van der Waals surface area (Å²) in [6.07, 6.45) is 4.87. The molecule has 4 rings (SSSR count). The third-order valence-corrected chi connectivity index (χ3v) is 4.73. The summed E-state index contributed by atoms with van der Waals surface area (Å²) in [7, 11) is 1.69. The number of hydrogen-bond acceptors (Lipinski definition) is 6. The summed E-state index contributed by atoms with van der Waals surface area (Å²) < 4.78 is 10.1. The Morgan fingerprint density at radius 2 is 2.04 bits per heavy atom. The normalized spacial score (nSPS) is 11.1. The summed E-state index contributed by atoms with van der Waals surface area (Å²) in [5.41, 5.74) is 1.83. The lowest BCUT2D eigenvalue weighted by atomic mass is 10.2. The van der Waals surface area contributed by atoms with E-state index in [1.54, 1.807) is 17.9 Å². The Bertz CT molecular complexity index is 1190. The van der Waals surface area contributed by atoms with Gasteiger partial charge in [-0.25, -0.2) is 14.3 Å². The van der Waals surface area contributed by atoms with Gasteiger partial charge in [-0.05, 0) is 39.7 Å². The van der Waals surface area contributed by atoms with Crippen LogP contribution in [-0.4, -0.2) is 35.1 Å². The van der Waals surface area contributed by atoms with Gasteiger partial charge < -0.3 is 4.74 Å². The zero-order valence-electron chi connectivity index (χ0n) is 14.8. The molecule has 0 spiro atoms. The van der Waals surface area contributed by atoms with E-state index >= 15 is 0 Å². The number of nitrogens with zero attached hydrogens (tertiary/aromatic N) is 6. The number of carbonyl (C=O) groups excluding carboxylic acids is 1. The minimum Gasteiger partial charge on any atom is -0.459 e. The van der Waals surface area contributed by atoms with Gasteiger partial charge in [0.1, 0.15) is 29.5 Å². The number of benzene rings is 1. The second-order valence-corrected chi connectivity index (χ2v) is 6.82. The minimum atomic E-state index is -0.528. The van der Waals surface area contributed by atoms with Gasteiger partial charge in [0.05, 0.1) is 5.69 Å². The van der Waals surface area contributed by atoms with E-state index in [1.165, 1.54) is 15.6 Å². The van der Waals surface area contributed by atoms with E-state index in [0.717, 1.165) is 11.3 Å². The lowest BCUT2D eigenvalue weighted by Gasteiger charge is -2.08. The Balaban J connectivity index is 1.42. The lowest BCUT2D eigenvalue weighted by Crippen LogP contribution is -2.25. The molecule has 0 radical (unpaired) electrons. The van der Waals surface area contributed by atoms with Crippen molar-refractivity contribution in [2.45, 2.75) is 13.2 Å².